The quantitative estimate of drug-likeness (QED) is 0.888. The van der Waals surface area contributed by atoms with E-state index in [9.17, 15) is 4.79 Å². The van der Waals surface area contributed by atoms with Crippen LogP contribution in [0.1, 0.15) is 30.5 Å². The molecule has 0 saturated carbocycles. The number of nitrogens with one attached hydrogen (secondary N) is 1. The van der Waals surface area contributed by atoms with E-state index in [1.807, 2.05) is 6.92 Å². The number of ether oxygens (including phenoxy) is 1. The van der Waals surface area contributed by atoms with Gasteiger partial charge in [0.05, 0.1) is 7.11 Å². The lowest BCUT2D eigenvalue weighted by atomic mass is 9.98. The number of carbonyl (C=O) groups is 1. The van der Waals surface area contributed by atoms with Crippen LogP contribution in [-0.2, 0) is 4.74 Å². The lowest BCUT2D eigenvalue weighted by Crippen LogP contribution is -2.41. The summed E-state index contributed by atoms with van der Waals surface area (Å²) < 4.78 is 4.66. The van der Waals surface area contributed by atoms with Crippen molar-refractivity contribution in [3.63, 3.8) is 0 Å². The number of rotatable bonds is 4. The molecule has 5 heteroatoms. The van der Waals surface area contributed by atoms with Gasteiger partial charge >= 0.3 is 6.09 Å². The average molecular weight is 291 g/mol. The topological polar surface area (TPSA) is 67.6 Å². The molecule has 1 aliphatic heterocycles. The van der Waals surface area contributed by atoms with Gasteiger partial charge in [-0.2, -0.15) is 0 Å². The smallest absolute Gasteiger partial charge is 0.407 e. The van der Waals surface area contributed by atoms with E-state index in [4.69, 9.17) is 5.73 Å². The van der Waals surface area contributed by atoms with E-state index in [2.05, 4.69) is 46.1 Å². The van der Waals surface area contributed by atoms with Gasteiger partial charge in [0.2, 0.25) is 0 Å². The summed E-state index contributed by atoms with van der Waals surface area (Å²) in [6, 6.07) is 8.86. The second-order valence-corrected chi connectivity index (χ2v) is 5.83. The molecule has 1 aromatic carbocycles. The van der Waals surface area contributed by atoms with E-state index in [1.165, 1.54) is 18.2 Å². The molecular weight excluding hydrogens is 266 g/mol. The third-order valence-electron chi connectivity index (χ3n) is 4.04. The number of nitrogens with two attached hydrogens (primary N) is 1. The van der Waals surface area contributed by atoms with E-state index in [-0.39, 0.29) is 24.2 Å². The number of methoxy groups -OCH3 is 1. The summed E-state index contributed by atoms with van der Waals surface area (Å²) in [4.78, 5) is 13.7. The zero-order valence-corrected chi connectivity index (χ0v) is 13.0. The summed E-state index contributed by atoms with van der Waals surface area (Å²) in [5.41, 5.74) is 8.68. The van der Waals surface area contributed by atoms with E-state index in [0.29, 0.717) is 0 Å². The van der Waals surface area contributed by atoms with E-state index >= 15 is 0 Å². The van der Waals surface area contributed by atoms with Crippen molar-refractivity contribution in [1.29, 1.82) is 0 Å². The molecule has 0 radical (unpaired) electrons. The molecule has 0 aliphatic carbocycles. The van der Waals surface area contributed by atoms with Crippen molar-refractivity contribution >= 4 is 6.09 Å². The summed E-state index contributed by atoms with van der Waals surface area (Å²) in [5, 5.41) is 2.87. The Labute approximate surface area is 126 Å². The average Bonchev–Trinajstić information content (AvgIpc) is 2.88. The Morgan fingerprint density at radius 2 is 2.10 bits per heavy atom. The second kappa shape index (κ2) is 6.91. The van der Waals surface area contributed by atoms with E-state index < -0.39 is 0 Å². The third-order valence-corrected chi connectivity index (χ3v) is 4.04. The number of nitrogens with zero attached hydrogens (tertiary/aromatic N) is 1. The number of aryl methyl sites for hydroxylation is 1. The summed E-state index contributed by atoms with van der Waals surface area (Å²) in [7, 11) is 1.39. The minimum Gasteiger partial charge on any atom is -0.453 e. The lowest BCUT2D eigenvalue weighted by Gasteiger charge is -2.31. The molecule has 2 rings (SSSR count). The second-order valence-electron chi connectivity index (χ2n) is 5.83. The van der Waals surface area contributed by atoms with Crippen molar-refractivity contribution in [2.75, 3.05) is 20.2 Å². The maximum atomic E-state index is 11.3. The molecular formula is C16H25N3O2. The van der Waals surface area contributed by atoms with Crippen LogP contribution in [0.15, 0.2) is 24.3 Å². The Kier molecular flexibility index (Phi) is 5.20. The van der Waals surface area contributed by atoms with Gasteiger partial charge in [0.1, 0.15) is 0 Å². The molecule has 1 fully saturated rings. The van der Waals surface area contributed by atoms with Crippen LogP contribution in [0.25, 0.3) is 0 Å². The molecule has 0 spiro atoms. The van der Waals surface area contributed by atoms with Gasteiger partial charge in [0, 0.05) is 31.2 Å². The fourth-order valence-electron chi connectivity index (χ4n) is 2.99. The van der Waals surface area contributed by atoms with Gasteiger partial charge in [0.25, 0.3) is 0 Å². The molecule has 3 unspecified atom stereocenters. The predicted octanol–water partition coefficient (Wildman–Crippen LogP) is 1.81. The number of likely N-dealkylation sites (tertiary alicyclic amines) is 1. The third kappa shape index (κ3) is 3.95. The van der Waals surface area contributed by atoms with Crippen LogP contribution < -0.4 is 11.1 Å². The minimum absolute atomic E-state index is 0.0320. The van der Waals surface area contributed by atoms with E-state index in [1.54, 1.807) is 0 Å². The maximum absolute atomic E-state index is 11.3. The molecule has 1 amide bonds. The van der Waals surface area contributed by atoms with Crippen molar-refractivity contribution in [3.05, 3.63) is 35.4 Å². The Hall–Kier alpha value is -1.59. The first-order valence-electron chi connectivity index (χ1n) is 7.42. The lowest BCUT2D eigenvalue weighted by molar-refractivity contribution is 0.164. The fourth-order valence-corrected chi connectivity index (χ4v) is 2.99. The zero-order chi connectivity index (χ0) is 15.4. The van der Waals surface area contributed by atoms with Gasteiger partial charge in [-0.15, -0.1) is 0 Å². The number of benzene rings is 1. The number of hydrogen-bond donors (Lipinski definition) is 2. The van der Waals surface area contributed by atoms with Crippen molar-refractivity contribution < 1.29 is 9.53 Å². The molecule has 0 aromatic heterocycles. The normalized spacial score (nSPS) is 21.8. The summed E-state index contributed by atoms with van der Waals surface area (Å²) in [6.07, 6.45) is 0.555. The highest BCUT2D eigenvalue weighted by Crippen LogP contribution is 2.27. The van der Waals surface area contributed by atoms with Crippen LogP contribution in [0, 0.1) is 6.92 Å². The minimum atomic E-state index is -0.366. The number of amides is 1. The summed E-state index contributed by atoms with van der Waals surface area (Å²) in [5.74, 6) is 0. The van der Waals surface area contributed by atoms with Gasteiger partial charge in [-0.05, 0) is 25.8 Å². The SMILES string of the molecule is COC(=O)NC1CCN(C(c2ccc(C)cc2)C(C)N)C1. The van der Waals surface area contributed by atoms with Crippen LogP contribution in [0.3, 0.4) is 0 Å². The van der Waals surface area contributed by atoms with Crippen molar-refractivity contribution in [3.8, 4) is 0 Å². The molecule has 5 nitrogen and oxygen atoms in total. The highest BCUT2D eigenvalue weighted by molar-refractivity contribution is 5.67. The molecule has 21 heavy (non-hydrogen) atoms. The Morgan fingerprint density at radius 3 is 2.67 bits per heavy atom. The highest BCUT2D eigenvalue weighted by Gasteiger charge is 2.31. The van der Waals surface area contributed by atoms with Crippen LogP contribution in [0.4, 0.5) is 4.79 Å². The monoisotopic (exact) mass is 291 g/mol. The summed E-state index contributed by atoms with van der Waals surface area (Å²) in [6.45, 7) is 5.84. The molecule has 116 valence electrons. The largest absolute Gasteiger partial charge is 0.453 e. The predicted molar refractivity (Wildman–Crippen MR) is 83.1 cm³/mol. The first kappa shape index (κ1) is 15.8. The van der Waals surface area contributed by atoms with Gasteiger partial charge in [-0.25, -0.2) is 4.79 Å². The van der Waals surface area contributed by atoms with Crippen LogP contribution in [0.2, 0.25) is 0 Å². The van der Waals surface area contributed by atoms with Gasteiger partial charge in [-0.3, -0.25) is 4.90 Å². The van der Waals surface area contributed by atoms with Crippen LogP contribution in [0.5, 0.6) is 0 Å². The van der Waals surface area contributed by atoms with Gasteiger partial charge in [-0.1, -0.05) is 29.8 Å². The highest BCUT2D eigenvalue weighted by atomic mass is 16.5. The molecule has 3 N–H and O–H groups in total. The van der Waals surface area contributed by atoms with Crippen molar-refractivity contribution in [2.45, 2.75) is 38.4 Å². The van der Waals surface area contributed by atoms with Gasteiger partial charge in [0.15, 0.2) is 0 Å². The Balaban J connectivity index is 2.06. The molecule has 0 bridgehead atoms. The first-order chi connectivity index (χ1) is 10.0. The Bertz CT molecular complexity index is 473. The van der Waals surface area contributed by atoms with Crippen molar-refractivity contribution in [1.82, 2.24) is 10.2 Å². The molecule has 1 aromatic rings. The zero-order valence-electron chi connectivity index (χ0n) is 13.0. The maximum Gasteiger partial charge on any atom is 0.407 e. The first-order valence-corrected chi connectivity index (χ1v) is 7.42. The van der Waals surface area contributed by atoms with Crippen LogP contribution in [-0.4, -0.2) is 43.3 Å². The van der Waals surface area contributed by atoms with E-state index in [0.717, 1.165) is 19.5 Å². The summed E-state index contributed by atoms with van der Waals surface area (Å²) >= 11 is 0. The molecule has 1 aliphatic rings. The van der Waals surface area contributed by atoms with Crippen LogP contribution >= 0.6 is 0 Å². The fraction of sp³-hybridized carbons (Fsp3) is 0.562. The number of carbonyl (C=O) groups excluding carboxylic acids is 1. The number of hydrogen-bond acceptors (Lipinski definition) is 4. The Morgan fingerprint density at radius 1 is 1.43 bits per heavy atom. The molecule has 3 atom stereocenters. The van der Waals surface area contributed by atoms with Crippen molar-refractivity contribution in [2.24, 2.45) is 5.73 Å². The number of alkyl carbamates (subject to hydrolysis) is 1. The van der Waals surface area contributed by atoms with Gasteiger partial charge < -0.3 is 15.8 Å². The molecule has 1 saturated heterocycles. The molecule has 1 heterocycles. The standard InChI is InChI=1S/C16H25N3O2/c1-11-4-6-13(7-5-11)15(12(2)17)19-9-8-14(10-19)18-16(20)21-3/h4-7,12,14-15H,8-10,17H2,1-3H3,(H,18,20).